The fourth-order valence-corrected chi connectivity index (χ4v) is 2.50. The van der Waals surface area contributed by atoms with Crippen LogP contribution in [0.2, 0.25) is 0 Å². The van der Waals surface area contributed by atoms with Crippen LogP contribution in [0.3, 0.4) is 0 Å². The highest BCUT2D eigenvalue weighted by molar-refractivity contribution is 5.94. The lowest BCUT2D eigenvalue weighted by atomic mass is 10.1. The van der Waals surface area contributed by atoms with Crippen LogP contribution in [-0.4, -0.2) is 42.7 Å². The van der Waals surface area contributed by atoms with Gasteiger partial charge in [-0.2, -0.15) is 0 Å². The third-order valence-electron chi connectivity index (χ3n) is 3.65. The van der Waals surface area contributed by atoms with E-state index in [9.17, 15) is 9.90 Å². The fourth-order valence-electron chi connectivity index (χ4n) is 2.50. The van der Waals surface area contributed by atoms with Gasteiger partial charge in [0.15, 0.2) is 5.78 Å². The molecule has 1 heterocycles. The monoisotopic (exact) mass is 262 g/mol. The normalized spacial score (nSPS) is 24.1. The van der Waals surface area contributed by atoms with Gasteiger partial charge in [-0.25, -0.2) is 0 Å². The molecule has 19 heavy (non-hydrogen) atoms. The van der Waals surface area contributed by atoms with Crippen molar-refractivity contribution >= 4 is 11.5 Å². The molecule has 0 bridgehead atoms. The average Bonchev–Trinajstić information content (AvgIpc) is 2.60. The maximum Gasteiger partial charge on any atom is 0.159 e. The lowest BCUT2D eigenvalue weighted by molar-refractivity contribution is 0.101. The van der Waals surface area contributed by atoms with Gasteiger partial charge in [0.25, 0.3) is 0 Å². The molecule has 2 N–H and O–H groups in total. The molecule has 0 aromatic heterocycles. The Labute approximate surface area is 114 Å². The first-order valence-corrected chi connectivity index (χ1v) is 6.83. The Kier molecular flexibility index (Phi) is 4.56. The zero-order chi connectivity index (χ0) is 13.8. The van der Waals surface area contributed by atoms with Crippen LogP contribution in [0.5, 0.6) is 0 Å². The Morgan fingerprint density at radius 2 is 2.11 bits per heavy atom. The van der Waals surface area contributed by atoms with E-state index in [-0.39, 0.29) is 18.4 Å². The van der Waals surface area contributed by atoms with E-state index in [1.54, 1.807) is 6.92 Å². The third kappa shape index (κ3) is 3.55. The molecular weight excluding hydrogens is 240 g/mol. The Hall–Kier alpha value is -1.39. The number of carbonyl (C=O) groups excluding carboxylic acids is 1. The second kappa shape index (κ2) is 6.17. The highest BCUT2D eigenvalue weighted by Gasteiger charge is 2.20. The Balaban J connectivity index is 2.13. The molecule has 2 unspecified atom stereocenters. The number of ketones is 1. The van der Waals surface area contributed by atoms with E-state index >= 15 is 0 Å². The van der Waals surface area contributed by atoms with E-state index < -0.39 is 0 Å². The molecule has 0 amide bonds. The number of benzene rings is 1. The molecule has 104 valence electrons. The second-order valence-corrected chi connectivity index (χ2v) is 5.28. The first kappa shape index (κ1) is 14.0. The number of nitrogens with one attached hydrogen (secondary N) is 1. The SMILES string of the molecule is CC(=O)c1ccc(N2CCC(C)NC(CO)C2)cc1. The molecule has 2 atom stereocenters. The molecule has 0 saturated carbocycles. The number of nitrogens with zero attached hydrogens (tertiary/aromatic N) is 1. The minimum Gasteiger partial charge on any atom is -0.395 e. The van der Waals surface area contributed by atoms with E-state index in [1.807, 2.05) is 24.3 Å². The number of anilines is 1. The van der Waals surface area contributed by atoms with E-state index in [1.165, 1.54) is 0 Å². The summed E-state index contributed by atoms with van der Waals surface area (Å²) in [6.07, 6.45) is 1.05. The quantitative estimate of drug-likeness (QED) is 0.809. The zero-order valence-corrected chi connectivity index (χ0v) is 11.6. The molecule has 0 radical (unpaired) electrons. The summed E-state index contributed by atoms with van der Waals surface area (Å²) in [5, 5.41) is 12.8. The molecule has 1 aliphatic heterocycles. The Bertz CT molecular complexity index is 430. The molecule has 1 saturated heterocycles. The smallest absolute Gasteiger partial charge is 0.159 e. The Morgan fingerprint density at radius 1 is 1.42 bits per heavy atom. The number of hydrogen-bond acceptors (Lipinski definition) is 4. The largest absolute Gasteiger partial charge is 0.395 e. The maximum absolute atomic E-state index is 11.3. The lowest BCUT2D eigenvalue weighted by Crippen LogP contribution is -2.42. The summed E-state index contributed by atoms with van der Waals surface area (Å²) in [6.45, 7) is 5.62. The van der Waals surface area contributed by atoms with Crippen LogP contribution in [0.4, 0.5) is 5.69 Å². The number of aliphatic hydroxyl groups is 1. The van der Waals surface area contributed by atoms with Crippen molar-refractivity contribution in [3.63, 3.8) is 0 Å². The van der Waals surface area contributed by atoms with Crippen molar-refractivity contribution in [2.75, 3.05) is 24.6 Å². The highest BCUT2D eigenvalue weighted by Crippen LogP contribution is 2.18. The van der Waals surface area contributed by atoms with Gasteiger partial charge in [-0.3, -0.25) is 4.79 Å². The standard InChI is InChI=1S/C15H22N2O2/c1-11-7-8-17(9-14(10-18)16-11)15-5-3-13(4-6-15)12(2)19/h3-6,11,14,16,18H,7-10H2,1-2H3. The summed E-state index contributed by atoms with van der Waals surface area (Å²) in [7, 11) is 0. The van der Waals surface area contributed by atoms with Gasteiger partial charge >= 0.3 is 0 Å². The summed E-state index contributed by atoms with van der Waals surface area (Å²) in [6, 6.07) is 8.23. The predicted molar refractivity (Wildman–Crippen MR) is 76.7 cm³/mol. The molecule has 0 spiro atoms. The average molecular weight is 262 g/mol. The zero-order valence-electron chi connectivity index (χ0n) is 11.6. The summed E-state index contributed by atoms with van der Waals surface area (Å²) < 4.78 is 0. The number of carbonyl (C=O) groups is 1. The number of aliphatic hydroxyl groups excluding tert-OH is 1. The van der Waals surface area contributed by atoms with Gasteiger partial charge in [-0.05, 0) is 44.5 Å². The fraction of sp³-hybridized carbons (Fsp3) is 0.533. The van der Waals surface area contributed by atoms with Crippen LogP contribution in [0, 0.1) is 0 Å². The van der Waals surface area contributed by atoms with Gasteiger partial charge in [-0.15, -0.1) is 0 Å². The van der Waals surface area contributed by atoms with Crippen molar-refractivity contribution in [1.29, 1.82) is 0 Å². The summed E-state index contributed by atoms with van der Waals surface area (Å²) in [5.74, 6) is 0.0888. The van der Waals surface area contributed by atoms with Gasteiger partial charge in [0.2, 0.25) is 0 Å². The van der Waals surface area contributed by atoms with Gasteiger partial charge in [0, 0.05) is 36.4 Å². The summed E-state index contributed by atoms with van der Waals surface area (Å²) >= 11 is 0. The number of Topliss-reactive ketones (excluding diaryl/α,β-unsaturated/α-hetero) is 1. The molecule has 2 rings (SSSR count). The van der Waals surface area contributed by atoms with E-state index in [4.69, 9.17) is 0 Å². The maximum atomic E-state index is 11.3. The molecule has 1 aliphatic rings. The van der Waals surface area contributed by atoms with E-state index in [0.29, 0.717) is 6.04 Å². The van der Waals surface area contributed by atoms with Crippen LogP contribution in [0.15, 0.2) is 24.3 Å². The van der Waals surface area contributed by atoms with Gasteiger partial charge in [0.05, 0.1) is 6.61 Å². The Morgan fingerprint density at radius 3 is 2.68 bits per heavy atom. The topological polar surface area (TPSA) is 52.6 Å². The van der Waals surface area contributed by atoms with Gasteiger partial charge in [0.1, 0.15) is 0 Å². The minimum atomic E-state index is 0.0888. The first-order valence-electron chi connectivity index (χ1n) is 6.83. The van der Waals surface area contributed by atoms with Crippen molar-refractivity contribution in [2.45, 2.75) is 32.4 Å². The molecule has 4 heteroatoms. The van der Waals surface area contributed by atoms with E-state index in [2.05, 4.69) is 17.1 Å². The molecular formula is C15H22N2O2. The number of rotatable bonds is 3. The minimum absolute atomic E-state index is 0.0888. The van der Waals surface area contributed by atoms with Crippen LogP contribution < -0.4 is 10.2 Å². The van der Waals surface area contributed by atoms with Crippen molar-refractivity contribution in [1.82, 2.24) is 5.32 Å². The second-order valence-electron chi connectivity index (χ2n) is 5.28. The van der Waals surface area contributed by atoms with Gasteiger partial charge in [-0.1, -0.05) is 0 Å². The highest BCUT2D eigenvalue weighted by atomic mass is 16.3. The van der Waals surface area contributed by atoms with Crippen LogP contribution in [0.1, 0.15) is 30.6 Å². The molecule has 0 aliphatic carbocycles. The van der Waals surface area contributed by atoms with Crippen molar-refractivity contribution in [3.05, 3.63) is 29.8 Å². The first-order chi connectivity index (χ1) is 9.10. The summed E-state index contributed by atoms with van der Waals surface area (Å²) in [4.78, 5) is 13.5. The molecule has 1 aromatic rings. The van der Waals surface area contributed by atoms with Crippen LogP contribution in [-0.2, 0) is 0 Å². The molecule has 1 aromatic carbocycles. The summed E-state index contributed by atoms with van der Waals surface area (Å²) in [5.41, 5.74) is 1.85. The van der Waals surface area contributed by atoms with Crippen molar-refractivity contribution in [2.24, 2.45) is 0 Å². The van der Waals surface area contributed by atoms with Crippen LogP contribution >= 0.6 is 0 Å². The van der Waals surface area contributed by atoms with Crippen molar-refractivity contribution < 1.29 is 9.90 Å². The van der Waals surface area contributed by atoms with Crippen LogP contribution in [0.25, 0.3) is 0 Å². The third-order valence-corrected chi connectivity index (χ3v) is 3.65. The predicted octanol–water partition coefficient (Wildman–Crippen LogP) is 1.44. The molecule has 1 fully saturated rings. The molecule has 4 nitrogen and oxygen atoms in total. The van der Waals surface area contributed by atoms with Gasteiger partial charge < -0.3 is 15.3 Å². The van der Waals surface area contributed by atoms with Crippen molar-refractivity contribution in [3.8, 4) is 0 Å². The van der Waals surface area contributed by atoms with E-state index in [0.717, 1.165) is 30.8 Å². The lowest BCUT2D eigenvalue weighted by Gasteiger charge is -2.25. The number of hydrogen-bond donors (Lipinski definition) is 2.